The molecule has 7 heteroatoms. The molecule has 0 amide bonds. The lowest BCUT2D eigenvalue weighted by molar-refractivity contribution is 0.603. The molecular formula is C8H13ClN2O2S2. The molecule has 0 spiro atoms. The fraction of sp³-hybridized carbons (Fsp3) is 0.625. The van der Waals surface area contributed by atoms with Gasteiger partial charge in [-0.2, -0.15) is 0 Å². The number of hydrogen-bond donors (Lipinski definition) is 0. The number of thioether (sulfide) groups is 1. The molecule has 1 aromatic heterocycles. The van der Waals surface area contributed by atoms with Gasteiger partial charge in [0, 0.05) is 19.1 Å². The van der Waals surface area contributed by atoms with Gasteiger partial charge in [0.25, 0.3) is 0 Å². The second kappa shape index (κ2) is 5.23. The first-order valence-electron chi connectivity index (χ1n) is 4.31. The van der Waals surface area contributed by atoms with Crippen LogP contribution in [0.15, 0.2) is 11.4 Å². The van der Waals surface area contributed by atoms with Gasteiger partial charge in [-0.05, 0) is 0 Å². The van der Waals surface area contributed by atoms with Crippen molar-refractivity contribution in [2.75, 3.05) is 17.8 Å². The molecule has 0 N–H and O–H groups in total. The number of nitrogens with zero attached hydrogens (tertiary/aromatic N) is 2. The Morgan fingerprint density at radius 3 is 2.73 bits per heavy atom. The monoisotopic (exact) mass is 268 g/mol. The molecule has 0 aliphatic heterocycles. The normalized spacial score (nSPS) is 11.9. The number of imidazole rings is 1. The Balaban J connectivity index is 2.55. The van der Waals surface area contributed by atoms with Crippen molar-refractivity contribution in [3.63, 3.8) is 0 Å². The molecule has 0 aliphatic carbocycles. The largest absolute Gasteiger partial charge is 0.325 e. The van der Waals surface area contributed by atoms with Crippen molar-refractivity contribution in [3.8, 4) is 0 Å². The summed E-state index contributed by atoms with van der Waals surface area (Å²) in [5.41, 5.74) is 0.929. The molecule has 0 fully saturated rings. The van der Waals surface area contributed by atoms with Crippen molar-refractivity contribution in [2.45, 2.75) is 11.0 Å². The highest BCUT2D eigenvalue weighted by atomic mass is 35.5. The van der Waals surface area contributed by atoms with Crippen molar-refractivity contribution >= 4 is 33.2 Å². The van der Waals surface area contributed by atoms with Crippen LogP contribution < -0.4 is 0 Å². The summed E-state index contributed by atoms with van der Waals surface area (Å²) in [6.45, 7) is 0. The molecule has 86 valence electrons. The van der Waals surface area contributed by atoms with E-state index in [1.54, 1.807) is 6.20 Å². The summed E-state index contributed by atoms with van der Waals surface area (Å²) >= 11 is 7.11. The molecule has 1 heterocycles. The van der Waals surface area contributed by atoms with E-state index in [9.17, 15) is 8.42 Å². The van der Waals surface area contributed by atoms with Gasteiger partial charge in [0.15, 0.2) is 5.16 Å². The quantitative estimate of drug-likeness (QED) is 0.597. The predicted molar refractivity (Wildman–Crippen MR) is 63.2 cm³/mol. The number of halogens is 1. The minimum absolute atomic E-state index is 0.167. The maximum absolute atomic E-state index is 10.9. The second-order valence-corrected chi connectivity index (χ2v) is 6.79. The van der Waals surface area contributed by atoms with Gasteiger partial charge in [-0.15, -0.1) is 11.6 Å². The van der Waals surface area contributed by atoms with Gasteiger partial charge in [-0.1, -0.05) is 11.8 Å². The minimum Gasteiger partial charge on any atom is -0.325 e. The van der Waals surface area contributed by atoms with Gasteiger partial charge in [0.05, 0.1) is 23.5 Å². The average Bonchev–Trinajstić information content (AvgIpc) is 2.46. The fourth-order valence-corrected chi connectivity index (χ4v) is 3.38. The highest BCUT2D eigenvalue weighted by Crippen LogP contribution is 2.18. The van der Waals surface area contributed by atoms with E-state index in [4.69, 9.17) is 11.6 Å². The first kappa shape index (κ1) is 12.9. The number of alkyl halides is 1. The van der Waals surface area contributed by atoms with Gasteiger partial charge in [-0.3, -0.25) is 0 Å². The predicted octanol–water partition coefficient (Wildman–Crippen LogP) is 1.30. The maximum Gasteiger partial charge on any atom is 0.167 e. The highest BCUT2D eigenvalue weighted by Gasteiger charge is 2.08. The van der Waals surface area contributed by atoms with E-state index in [-0.39, 0.29) is 5.75 Å². The molecule has 0 saturated heterocycles. The Bertz CT molecular complexity index is 428. The van der Waals surface area contributed by atoms with Crippen molar-refractivity contribution in [1.29, 1.82) is 0 Å². The molecule has 1 rings (SSSR count). The van der Waals surface area contributed by atoms with Crippen molar-refractivity contribution in [3.05, 3.63) is 11.9 Å². The molecule has 15 heavy (non-hydrogen) atoms. The molecule has 0 aromatic carbocycles. The van der Waals surface area contributed by atoms with Crippen LogP contribution in [0.25, 0.3) is 0 Å². The number of rotatable bonds is 5. The first-order valence-corrected chi connectivity index (χ1v) is 7.89. The number of hydrogen-bond acceptors (Lipinski definition) is 4. The van der Waals surface area contributed by atoms with Crippen LogP contribution in [0.2, 0.25) is 0 Å². The van der Waals surface area contributed by atoms with E-state index < -0.39 is 9.84 Å². The van der Waals surface area contributed by atoms with E-state index in [0.717, 1.165) is 10.9 Å². The Hall–Kier alpha value is -0.200. The van der Waals surface area contributed by atoms with E-state index in [1.807, 2.05) is 11.6 Å². The lowest BCUT2D eigenvalue weighted by atomic mass is 10.5. The first-order chi connectivity index (χ1) is 6.94. The van der Waals surface area contributed by atoms with Crippen LogP contribution in [0.3, 0.4) is 0 Å². The van der Waals surface area contributed by atoms with Crippen molar-refractivity contribution in [1.82, 2.24) is 9.55 Å². The summed E-state index contributed by atoms with van der Waals surface area (Å²) in [6.07, 6.45) is 2.94. The zero-order valence-electron chi connectivity index (χ0n) is 8.60. The maximum atomic E-state index is 10.9. The van der Waals surface area contributed by atoms with Gasteiger partial charge >= 0.3 is 0 Å². The van der Waals surface area contributed by atoms with Crippen molar-refractivity contribution in [2.24, 2.45) is 7.05 Å². The summed E-state index contributed by atoms with van der Waals surface area (Å²) in [5, 5.41) is 0.800. The van der Waals surface area contributed by atoms with Gasteiger partial charge < -0.3 is 4.57 Å². The molecule has 1 aromatic rings. The lowest BCUT2D eigenvalue weighted by Crippen LogP contribution is -2.06. The van der Waals surface area contributed by atoms with Crippen LogP contribution in [-0.2, 0) is 22.8 Å². The lowest BCUT2D eigenvalue weighted by Gasteiger charge is -2.02. The molecule has 0 radical (unpaired) electrons. The summed E-state index contributed by atoms with van der Waals surface area (Å²) in [6, 6.07) is 0. The number of sulfone groups is 1. The Morgan fingerprint density at radius 2 is 2.27 bits per heavy atom. The Kier molecular flexibility index (Phi) is 4.48. The molecule has 0 aliphatic rings. The fourth-order valence-electron chi connectivity index (χ4n) is 0.968. The molecule has 0 saturated carbocycles. The molecule has 0 atom stereocenters. The third-order valence-corrected chi connectivity index (χ3v) is 4.39. The van der Waals surface area contributed by atoms with Crippen LogP contribution in [0, 0.1) is 0 Å². The smallest absolute Gasteiger partial charge is 0.167 e. The van der Waals surface area contributed by atoms with E-state index in [2.05, 4.69) is 4.98 Å². The molecule has 0 bridgehead atoms. The average molecular weight is 269 g/mol. The van der Waals surface area contributed by atoms with Gasteiger partial charge in [0.2, 0.25) is 0 Å². The third kappa shape index (κ3) is 4.04. The summed E-state index contributed by atoms with van der Waals surface area (Å²) in [4.78, 5) is 4.15. The van der Waals surface area contributed by atoms with E-state index in [1.165, 1.54) is 18.0 Å². The molecular weight excluding hydrogens is 256 g/mol. The Labute approximate surface area is 98.9 Å². The molecule has 4 nitrogen and oxygen atoms in total. The van der Waals surface area contributed by atoms with E-state index in [0.29, 0.717) is 11.6 Å². The van der Waals surface area contributed by atoms with Crippen LogP contribution in [-0.4, -0.2) is 35.7 Å². The van der Waals surface area contributed by atoms with Crippen LogP contribution in [0.4, 0.5) is 0 Å². The third-order valence-electron chi connectivity index (χ3n) is 1.86. The van der Waals surface area contributed by atoms with Crippen LogP contribution >= 0.6 is 23.4 Å². The van der Waals surface area contributed by atoms with Gasteiger partial charge in [0.1, 0.15) is 9.84 Å². The summed E-state index contributed by atoms with van der Waals surface area (Å²) in [7, 11) is -1.02. The minimum atomic E-state index is -2.89. The zero-order chi connectivity index (χ0) is 11.5. The standard InChI is InChI=1S/C8H13ClN2O2S2/c1-11-7(5-9)6-10-8(11)14-3-4-15(2,12)13/h6H,3-5H2,1-2H3. The SMILES string of the molecule is Cn1c(CCl)cnc1SCCS(C)(=O)=O. The highest BCUT2D eigenvalue weighted by molar-refractivity contribution is 8.00. The zero-order valence-corrected chi connectivity index (χ0v) is 11.0. The number of aromatic nitrogens is 2. The van der Waals surface area contributed by atoms with Crippen LogP contribution in [0.5, 0.6) is 0 Å². The summed E-state index contributed by atoms with van der Waals surface area (Å²) in [5.74, 6) is 1.10. The molecule has 0 unspecified atom stereocenters. The van der Waals surface area contributed by atoms with E-state index >= 15 is 0 Å². The Morgan fingerprint density at radius 1 is 1.60 bits per heavy atom. The summed E-state index contributed by atoms with van der Waals surface area (Å²) < 4.78 is 23.7. The second-order valence-electron chi connectivity index (χ2n) is 3.20. The topological polar surface area (TPSA) is 52.0 Å². The van der Waals surface area contributed by atoms with Crippen LogP contribution in [0.1, 0.15) is 5.69 Å². The van der Waals surface area contributed by atoms with Gasteiger partial charge in [-0.25, -0.2) is 13.4 Å². The van der Waals surface area contributed by atoms with Crippen molar-refractivity contribution < 1.29 is 8.42 Å².